The summed E-state index contributed by atoms with van der Waals surface area (Å²) in [6, 6.07) is 5.89. The lowest BCUT2D eigenvalue weighted by molar-refractivity contribution is -0.134. The van der Waals surface area contributed by atoms with Gasteiger partial charge in [0.15, 0.2) is 0 Å². The summed E-state index contributed by atoms with van der Waals surface area (Å²) < 4.78 is 7.77. The molecule has 146 valence electrons. The van der Waals surface area contributed by atoms with Gasteiger partial charge in [0, 0.05) is 37.4 Å². The van der Waals surface area contributed by atoms with Gasteiger partial charge in [-0.2, -0.15) is 5.10 Å². The minimum absolute atomic E-state index is 0. The molecule has 0 radical (unpaired) electrons. The van der Waals surface area contributed by atoms with Gasteiger partial charge in [0.05, 0.1) is 23.7 Å². The van der Waals surface area contributed by atoms with Crippen molar-refractivity contribution in [2.24, 2.45) is 13.0 Å². The lowest BCUT2D eigenvalue weighted by atomic mass is 9.93. The molecule has 7 nitrogen and oxygen atoms in total. The molecule has 2 N–H and O–H groups in total. The molecule has 1 aromatic carbocycles. The smallest absolute Gasteiger partial charge is 0.235 e. The molecule has 0 aliphatic carbocycles. The fourth-order valence-electron chi connectivity index (χ4n) is 3.85. The Labute approximate surface area is 164 Å². The van der Waals surface area contributed by atoms with E-state index in [1.54, 1.807) is 4.68 Å². The number of imide groups is 1. The summed E-state index contributed by atoms with van der Waals surface area (Å²) in [6.45, 7) is 2.81. The maximum atomic E-state index is 12.2. The molecule has 2 amide bonds. The molecule has 0 saturated carbocycles. The van der Waals surface area contributed by atoms with Crippen LogP contribution in [0, 0.1) is 5.92 Å². The van der Waals surface area contributed by atoms with E-state index in [2.05, 4.69) is 15.7 Å². The van der Waals surface area contributed by atoms with Crippen molar-refractivity contribution in [3.05, 3.63) is 23.9 Å². The Morgan fingerprint density at radius 1 is 1.30 bits per heavy atom. The van der Waals surface area contributed by atoms with Crippen LogP contribution in [0.1, 0.15) is 37.3 Å². The van der Waals surface area contributed by atoms with Crippen molar-refractivity contribution in [2.45, 2.75) is 31.6 Å². The molecule has 4 rings (SSSR count). The van der Waals surface area contributed by atoms with E-state index in [1.165, 1.54) is 12.8 Å². The average Bonchev–Trinajstić information content (AvgIpc) is 2.97. The molecule has 1 unspecified atom stereocenters. The highest BCUT2D eigenvalue weighted by Crippen LogP contribution is 2.32. The zero-order valence-corrected chi connectivity index (χ0v) is 16.2. The van der Waals surface area contributed by atoms with Gasteiger partial charge in [-0.05, 0) is 37.9 Å². The van der Waals surface area contributed by atoms with E-state index in [0.717, 1.165) is 35.4 Å². The van der Waals surface area contributed by atoms with Crippen LogP contribution in [0.25, 0.3) is 10.9 Å². The second-order valence-corrected chi connectivity index (χ2v) is 7.21. The predicted octanol–water partition coefficient (Wildman–Crippen LogP) is 1.89. The molecule has 2 aliphatic heterocycles. The normalized spacial score (nSPS) is 23.0. The van der Waals surface area contributed by atoms with Gasteiger partial charge in [0.1, 0.15) is 5.75 Å². The number of aromatic nitrogens is 2. The summed E-state index contributed by atoms with van der Waals surface area (Å²) in [5.41, 5.74) is 1.67. The van der Waals surface area contributed by atoms with E-state index in [1.807, 2.05) is 25.2 Å². The van der Waals surface area contributed by atoms with E-state index >= 15 is 0 Å². The number of fused-ring (bicyclic) bond motifs is 1. The molecule has 0 spiro atoms. The fraction of sp³-hybridized carbons (Fsp3) is 0.526. The summed E-state index contributed by atoms with van der Waals surface area (Å²) in [5.74, 6) is 0.521. The van der Waals surface area contributed by atoms with Gasteiger partial charge in [-0.25, -0.2) is 0 Å². The third-order valence-electron chi connectivity index (χ3n) is 5.31. The molecule has 3 heterocycles. The van der Waals surface area contributed by atoms with Crippen LogP contribution in [0.4, 0.5) is 0 Å². The number of benzene rings is 1. The van der Waals surface area contributed by atoms with E-state index in [0.29, 0.717) is 25.4 Å². The maximum absolute atomic E-state index is 12.2. The Kier molecular flexibility index (Phi) is 6.01. The Balaban J connectivity index is 0.00000210. The number of ether oxygens (including phenoxy) is 1. The Bertz CT molecular complexity index is 845. The van der Waals surface area contributed by atoms with E-state index in [4.69, 9.17) is 4.74 Å². The van der Waals surface area contributed by atoms with Crippen molar-refractivity contribution < 1.29 is 14.3 Å². The summed E-state index contributed by atoms with van der Waals surface area (Å²) in [4.78, 5) is 23.6. The number of carbonyl (C=O) groups excluding carboxylic acids is 2. The summed E-state index contributed by atoms with van der Waals surface area (Å²) in [5, 5.41) is 11.3. The summed E-state index contributed by atoms with van der Waals surface area (Å²) >= 11 is 0. The number of piperidine rings is 2. The molecular weight excluding hydrogens is 368 g/mol. The lowest BCUT2D eigenvalue weighted by Crippen LogP contribution is -2.39. The molecule has 8 heteroatoms. The van der Waals surface area contributed by atoms with Crippen molar-refractivity contribution >= 4 is 35.1 Å². The molecular formula is C19H25ClN4O3. The number of nitrogens with one attached hydrogen (secondary N) is 2. The minimum atomic E-state index is -0.378. The second kappa shape index (κ2) is 8.27. The first-order valence-electron chi connectivity index (χ1n) is 9.25. The van der Waals surface area contributed by atoms with Crippen LogP contribution in [0.5, 0.6) is 5.75 Å². The van der Waals surface area contributed by atoms with Gasteiger partial charge in [-0.15, -0.1) is 12.4 Å². The minimum Gasteiger partial charge on any atom is -0.493 e. The van der Waals surface area contributed by atoms with Crippen molar-refractivity contribution in [1.29, 1.82) is 0 Å². The predicted molar refractivity (Wildman–Crippen MR) is 104 cm³/mol. The van der Waals surface area contributed by atoms with E-state index in [9.17, 15) is 9.59 Å². The van der Waals surface area contributed by atoms with Crippen LogP contribution in [0.2, 0.25) is 0 Å². The van der Waals surface area contributed by atoms with Crippen molar-refractivity contribution in [2.75, 3.05) is 19.7 Å². The SMILES string of the molecule is Cl.Cn1nc(C2CCC(=O)NC2=O)c2ccc(OC[C@H]3CCCNC3)cc21. The zero-order chi connectivity index (χ0) is 18.1. The summed E-state index contributed by atoms with van der Waals surface area (Å²) in [7, 11) is 1.87. The highest BCUT2D eigenvalue weighted by molar-refractivity contribution is 6.02. The molecule has 0 bridgehead atoms. The number of carbonyl (C=O) groups is 2. The molecule has 2 atom stereocenters. The van der Waals surface area contributed by atoms with Crippen molar-refractivity contribution in [3.8, 4) is 5.75 Å². The van der Waals surface area contributed by atoms with Gasteiger partial charge >= 0.3 is 0 Å². The molecule has 2 saturated heterocycles. The maximum Gasteiger partial charge on any atom is 0.235 e. The van der Waals surface area contributed by atoms with Gasteiger partial charge < -0.3 is 10.1 Å². The first-order chi connectivity index (χ1) is 12.6. The van der Waals surface area contributed by atoms with Crippen LogP contribution >= 0.6 is 12.4 Å². The Hall–Kier alpha value is -2.12. The fourth-order valence-corrected chi connectivity index (χ4v) is 3.85. The van der Waals surface area contributed by atoms with Gasteiger partial charge in [-0.1, -0.05) is 0 Å². The summed E-state index contributed by atoms with van der Waals surface area (Å²) in [6.07, 6.45) is 3.25. The van der Waals surface area contributed by atoms with Crippen LogP contribution in [-0.4, -0.2) is 41.3 Å². The number of amides is 2. The molecule has 2 aliphatic rings. The van der Waals surface area contributed by atoms with Crippen LogP contribution in [-0.2, 0) is 16.6 Å². The number of nitrogens with zero attached hydrogens (tertiary/aromatic N) is 2. The topological polar surface area (TPSA) is 85.2 Å². The lowest BCUT2D eigenvalue weighted by Gasteiger charge is -2.22. The average molecular weight is 393 g/mol. The Morgan fingerprint density at radius 2 is 2.15 bits per heavy atom. The molecule has 1 aromatic heterocycles. The molecule has 27 heavy (non-hydrogen) atoms. The number of halogens is 1. The van der Waals surface area contributed by atoms with Crippen molar-refractivity contribution in [1.82, 2.24) is 20.4 Å². The highest BCUT2D eigenvalue weighted by atomic mass is 35.5. The van der Waals surface area contributed by atoms with Gasteiger partial charge in [0.25, 0.3) is 0 Å². The van der Waals surface area contributed by atoms with Gasteiger partial charge in [-0.3, -0.25) is 19.6 Å². The van der Waals surface area contributed by atoms with E-state index in [-0.39, 0.29) is 30.1 Å². The number of rotatable bonds is 4. The first kappa shape index (κ1) is 19.6. The third kappa shape index (κ3) is 4.09. The zero-order valence-electron chi connectivity index (χ0n) is 15.4. The third-order valence-corrected chi connectivity index (χ3v) is 5.31. The number of hydrogen-bond donors (Lipinski definition) is 2. The number of hydrogen-bond acceptors (Lipinski definition) is 5. The second-order valence-electron chi connectivity index (χ2n) is 7.21. The van der Waals surface area contributed by atoms with Crippen LogP contribution in [0.3, 0.4) is 0 Å². The molecule has 2 fully saturated rings. The molecule has 2 aromatic rings. The monoisotopic (exact) mass is 392 g/mol. The van der Waals surface area contributed by atoms with Gasteiger partial charge in [0.2, 0.25) is 11.8 Å². The Morgan fingerprint density at radius 3 is 2.89 bits per heavy atom. The standard InChI is InChI=1S/C19H24N4O3.ClH/c1-23-16-9-13(26-11-12-3-2-8-20-10-12)4-5-14(16)18(22-23)15-6-7-17(24)21-19(15)25;/h4-5,9,12,15,20H,2-3,6-8,10-11H2,1H3,(H,21,24,25);1H/t12-,15?;/m0./s1. The largest absolute Gasteiger partial charge is 0.493 e. The first-order valence-corrected chi connectivity index (χ1v) is 9.25. The van der Waals surface area contributed by atoms with Crippen LogP contribution < -0.4 is 15.4 Å². The van der Waals surface area contributed by atoms with Crippen molar-refractivity contribution in [3.63, 3.8) is 0 Å². The number of aryl methyl sites for hydroxylation is 1. The highest BCUT2D eigenvalue weighted by Gasteiger charge is 2.31. The quantitative estimate of drug-likeness (QED) is 0.776. The van der Waals surface area contributed by atoms with E-state index < -0.39 is 0 Å². The van der Waals surface area contributed by atoms with Crippen LogP contribution in [0.15, 0.2) is 18.2 Å².